The molecule has 0 unspecified atom stereocenters. The lowest BCUT2D eigenvalue weighted by Crippen LogP contribution is -1.85. The van der Waals surface area contributed by atoms with E-state index in [1.807, 2.05) is 24.3 Å². The van der Waals surface area contributed by atoms with Crippen molar-refractivity contribution in [2.24, 2.45) is 0 Å². The maximum atomic E-state index is 6.71. The summed E-state index contributed by atoms with van der Waals surface area (Å²) in [5.41, 5.74) is 2.17. The number of rotatable bonds is 2. The largest absolute Gasteiger partial charge is 0.358 e. The smallest absolute Gasteiger partial charge is 0.220 e. The minimum atomic E-state index is 0.528. The Morgan fingerprint density at radius 3 is 3.00 bits per heavy atom. The van der Waals surface area contributed by atoms with E-state index in [4.69, 9.17) is 18.2 Å². The third kappa shape index (κ3) is 1.73. The molecule has 2 rings (SSSR count). The van der Waals surface area contributed by atoms with Crippen molar-refractivity contribution in [3.8, 4) is 0 Å². The number of nitrogens with one attached hydrogen (secondary N) is 1. The zero-order valence-electron chi connectivity index (χ0n) is 7.55. The Labute approximate surface area is 87.3 Å². The number of hydrogen-bond acceptors (Lipinski definition) is 0. The van der Waals surface area contributed by atoms with Gasteiger partial charge in [-0.1, -0.05) is 11.6 Å². The fourth-order valence-electron chi connectivity index (χ4n) is 1.47. The monoisotopic (exact) mass is 204 g/mol. The van der Waals surface area contributed by atoms with E-state index in [1.54, 1.807) is 0 Å². The second kappa shape index (κ2) is 3.73. The minimum Gasteiger partial charge on any atom is -0.358 e. The molecule has 2 aromatic rings. The molecular formula is C11H9ClN2. The van der Waals surface area contributed by atoms with Gasteiger partial charge in [-0.3, -0.25) is 0 Å². The van der Waals surface area contributed by atoms with Gasteiger partial charge in [-0.2, -0.15) is 0 Å². The number of aromatic amines is 1. The first-order valence-corrected chi connectivity index (χ1v) is 4.78. The van der Waals surface area contributed by atoms with E-state index in [9.17, 15) is 0 Å². The Morgan fingerprint density at radius 1 is 1.36 bits per heavy atom. The molecule has 1 aromatic heterocycles. The lowest BCUT2D eigenvalue weighted by molar-refractivity contribution is 1.03. The number of benzene rings is 1. The predicted octanol–water partition coefficient (Wildman–Crippen LogP) is 3.28. The topological polar surface area (TPSA) is 20.1 Å². The summed E-state index contributed by atoms with van der Waals surface area (Å²) in [7, 11) is 0. The molecular weight excluding hydrogens is 196 g/mol. The Hall–Kier alpha value is -1.46. The Morgan fingerprint density at radius 2 is 2.21 bits per heavy atom. The molecule has 0 fully saturated rings. The zero-order chi connectivity index (χ0) is 9.97. The van der Waals surface area contributed by atoms with Crippen LogP contribution in [0.5, 0.6) is 0 Å². The van der Waals surface area contributed by atoms with Crippen molar-refractivity contribution >= 4 is 22.5 Å². The zero-order valence-corrected chi connectivity index (χ0v) is 8.30. The number of hydrogen-bond donors (Lipinski definition) is 1. The molecule has 70 valence electrons. The molecule has 0 bridgehead atoms. The van der Waals surface area contributed by atoms with Crippen LogP contribution in [0.2, 0.25) is 5.02 Å². The van der Waals surface area contributed by atoms with Crippen LogP contribution in [0, 0.1) is 6.57 Å². The van der Waals surface area contributed by atoms with Crippen molar-refractivity contribution in [3.63, 3.8) is 0 Å². The average molecular weight is 205 g/mol. The lowest BCUT2D eigenvalue weighted by Gasteiger charge is -1.89. The van der Waals surface area contributed by atoms with Crippen LogP contribution in [-0.4, -0.2) is 11.5 Å². The van der Waals surface area contributed by atoms with E-state index in [0.717, 1.165) is 28.0 Å². The van der Waals surface area contributed by atoms with Crippen LogP contribution in [0.1, 0.15) is 5.69 Å². The average Bonchev–Trinajstić information content (AvgIpc) is 2.56. The van der Waals surface area contributed by atoms with Gasteiger partial charge in [-0.25, -0.2) is 6.57 Å². The molecule has 0 spiro atoms. The van der Waals surface area contributed by atoms with Crippen LogP contribution in [0.3, 0.4) is 0 Å². The van der Waals surface area contributed by atoms with Gasteiger partial charge in [-0.05, 0) is 24.3 Å². The third-order valence-corrected chi connectivity index (χ3v) is 2.37. The second-order valence-electron chi connectivity index (χ2n) is 3.16. The predicted molar refractivity (Wildman–Crippen MR) is 58.5 cm³/mol. The molecule has 1 heterocycles. The van der Waals surface area contributed by atoms with Crippen LogP contribution in [0.15, 0.2) is 24.3 Å². The van der Waals surface area contributed by atoms with Crippen LogP contribution in [0.25, 0.3) is 15.7 Å². The quantitative estimate of drug-likeness (QED) is 0.725. The number of nitrogens with zero attached hydrogens (tertiary/aromatic N) is 1. The van der Waals surface area contributed by atoms with E-state index >= 15 is 0 Å². The number of aromatic nitrogens is 1. The second-order valence-corrected chi connectivity index (χ2v) is 3.59. The first-order chi connectivity index (χ1) is 6.79. The Balaban J connectivity index is 2.37. The SMILES string of the molecule is [C-]#[N+]CCc1cc2cc(Cl)ccc2[nH]1. The first-order valence-electron chi connectivity index (χ1n) is 4.40. The molecule has 1 N–H and O–H groups in total. The summed E-state index contributed by atoms with van der Waals surface area (Å²) in [4.78, 5) is 6.58. The van der Waals surface area contributed by atoms with Gasteiger partial charge >= 0.3 is 0 Å². The van der Waals surface area contributed by atoms with Crippen molar-refractivity contribution in [2.75, 3.05) is 6.54 Å². The molecule has 0 amide bonds. The normalized spacial score (nSPS) is 10.3. The van der Waals surface area contributed by atoms with Gasteiger partial charge in [0.25, 0.3) is 0 Å². The molecule has 2 nitrogen and oxygen atoms in total. The van der Waals surface area contributed by atoms with Gasteiger partial charge in [0.1, 0.15) is 0 Å². The number of fused-ring (bicyclic) bond motifs is 1. The Kier molecular flexibility index (Phi) is 2.43. The van der Waals surface area contributed by atoms with Crippen LogP contribution in [-0.2, 0) is 6.42 Å². The van der Waals surface area contributed by atoms with Gasteiger partial charge in [0, 0.05) is 21.6 Å². The molecule has 0 aliphatic heterocycles. The van der Waals surface area contributed by atoms with Crippen molar-refractivity contribution in [1.29, 1.82) is 0 Å². The molecule has 1 aromatic carbocycles. The number of halogens is 1. The summed E-state index contributed by atoms with van der Waals surface area (Å²) in [5.74, 6) is 0. The van der Waals surface area contributed by atoms with Crippen molar-refractivity contribution < 1.29 is 0 Å². The van der Waals surface area contributed by atoms with Crippen molar-refractivity contribution in [1.82, 2.24) is 4.98 Å². The highest BCUT2D eigenvalue weighted by Crippen LogP contribution is 2.20. The summed E-state index contributed by atoms with van der Waals surface area (Å²) in [5, 5.41) is 1.85. The highest BCUT2D eigenvalue weighted by Gasteiger charge is 2.01. The lowest BCUT2D eigenvalue weighted by atomic mass is 10.2. The van der Waals surface area contributed by atoms with Gasteiger partial charge in [-0.15, -0.1) is 0 Å². The van der Waals surface area contributed by atoms with Crippen molar-refractivity contribution in [2.45, 2.75) is 6.42 Å². The standard InChI is InChI=1S/C11H9ClN2/c1-13-5-4-10-7-8-6-9(12)2-3-11(8)14-10/h2-3,6-7,14H,4-5H2. The third-order valence-electron chi connectivity index (χ3n) is 2.13. The summed E-state index contributed by atoms with van der Waals surface area (Å²) >= 11 is 5.87. The molecule has 0 aliphatic rings. The molecule has 0 radical (unpaired) electrons. The molecule has 0 aliphatic carbocycles. The fourth-order valence-corrected chi connectivity index (χ4v) is 1.66. The van der Waals surface area contributed by atoms with Gasteiger partial charge in [0.15, 0.2) is 0 Å². The molecule has 0 atom stereocenters. The molecule has 3 heteroatoms. The van der Waals surface area contributed by atoms with Crippen LogP contribution < -0.4 is 0 Å². The van der Waals surface area contributed by atoms with Gasteiger partial charge in [0.2, 0.25) is 6.54 Å². The first kappa shape index (κ1) is 9.11. The van der Waals surface area contributed by atoms with Gasteiger partial charge in [0.05, 0.1) is 6.42 Å². The molecule has 0 saturated carbocycles. The minimum absolute atomic E-state index is 0.528. The van der Waals surface area contributed by atoms with E-state index < -0.39 is 0 Å². The van der Waals surface area contributed by atoms with E-state index in [2.05, 4.69) is 9.83 Å². The molecule has 0 saturated heterocycles. The van der Waals surface area contributed by atoms with Gasteiger partial charge < -0.3 is 9.83 Å². The van der Waals surface area contributed by atoms with Crippen molar-refractivity contribution in [3.05, 3.63) is 46.4 Å². The Bertz CT molecular complexity index is 493. The maximum Gasteiger partial charge on any atom is 0.220 e. The van der Waals surface area contributed by atoms with Crippen LogP contribution >= 0.6 is 11.6 Å². The van der Waals surface area contributed by atoms with Crippen LogP contribution in [0.4, 0.5) is 0 Å². The number of H-pyrrole nitrogens is 1. The van der Waals surface area contributed by atoms with E-state index in [0.29, 0.717) is 6.54 Å². The fraction of sp³-hybridized carbons (Fsp3) is 0.182. The highest BCUT2D eigenvalue weighted by atomic mass is 35.5. The highest BCUT2D eigenvalue weighted by molar-refractivity contribution is 6.31. The summed E-state index contributed by atoms with van der Waals surface area (Å²) in [6.07, 6.45) is 0.774. The summed E-state index contributed by atoms with van der Waals surface area (Å²) < 4.78 is 0. The summed E-state index contributed by atoms with van der Waals surface area (Å²) in [6.45, 7) is 7.24. The molecule has 14 heavy (non-hydrogen) atoms. The summed E-state index contributed by atoms with van der Waals surface area (Å²) in [6, 6.07) is 7.79. The van der Waals surface area contributed by atoms with E-state index in [1.165, 1.54) is 0 Å². The van der Waals surface area contributed by atoms with E-state index in [-0.39, 0.29) is 0 Å². The maximum absolute atomic E-state index is 6.71.